The first-order chi connectivity index (χ1) is 8.17. The van der Waals surface area contributed by atoms with Crippen LogP contribution in [-0.4, -0.2) is 17.6 Å². The average molecular weight is 246 g/mol. The number of nitrogens with two attached hydrogens (primary N) is 1. The normalized spacial score (nSPS) is 16.0. The molecular formula is C16H26N2. The zero-order valence-electron chi connectivity index (χ0n) is 12.4. The summed E-state index contributed by atoms with van der Waals surface area (Å²) in [6, 6.07) is 6.85. The Labute approximate surface area is 111 Å². The van der Waals surface area contributed by atoms with Gasteiger partial charge < -0.3 is 10.6 Å². The lowest BCUT2D eigenvalue weighted by Crippen LogP contribution is -2.40. The Balaban J connectivity index is 2.26. The summed E-state index contributed by atoms with van der Waals surface area (Å²) in [4.78, 5) is 2.50. The minimum Gasteiger partial charge on any atom is -0.366 e. The lowest BCUT2D eigenvalue weighted by molar-refractivity contribution is 0.515. The molecule has 0 saturated carbocycles. The molecule has 1 aliphatic rings. The molecule has 2 rings (SSSR count). The van der Waals surface area contributed by atoms with E-state index in [1.54, 1.807) is 0 Å². The van der Waals surface area contributed by atoms with E-state index in [-0.39, 0.29) is 11.1 Å². The summed E-state index contributed by atoms with van der Waals surface area (Å²) in [7, 11) is 0. The minimum atomic E-state index is -0.128. The molecule has 1 aromatic rings. The third kappa shape index (κ3) is 2.86. The molecule has 0 fully saturated rings. The van der Waals surface area contributed by atoms with Crippen molar-refractivity contribution in [2.24, 2.45) is 5.73 Å². The summed E-state index contributed by atoms with van der Waals surface area (Å²) in [6.07, 6.45) is 2.10. The third-order valence-electron chi connectivity index (χ3n) is 3.51. The van der Waals surface area contributed by atoms with Gasteiger partial charge in [0.05, 0.1) is 0 Å². The van der Waals surface area contributed by atoms with Gasteiger partial charge in [0.2, 0.25) is 0 Å². The van der Waals surface area contributed by atoms with E-state index in [1.165, 1.54) is 16.8 Å². The Morgan fingerprint density at radius 2 is 1.83 bits per heavy atom. The van der Waals surface area contributed by atoms with Gasteiger partial charge in [-0.2, -0.15) is 0 Å². The highest BCUT2D eigenvalue weighted by molar-refractivity contribution is 5.60. The van der Waals surface area contributed by atoms with E-state index < -0.39 is 0 Å². The highest BCUT2D eigenvalue weighted by Gasteiger charge is 2.28. The molecular weight excluding hydrogens is 220 g/mol. The monoisotopic (exact) mass is 246 g/mol. The predicted octanol–water partition coefficient (Wildman–Crippen LogP) is 3.13. The van der Waals surface area contributed by atoms with Gasteiger partial charge in [-0.1, -0.05) is 12.1 Å². The van der Waals surface area contributed by atoms with E-state index in [0.717, 1.165) is 19.4 Å². The number of anilines is 1. The van der Waals surface area contributed by atoms with Crippen molar-refractivity contribution in [2.45, 2.75) is 58.5 Å². The summed E-state index contributed by atoms with van der Waals surface area (Å²) in [5, 5.41) is 0. The molecule has 1 heterocycles. The smallest absolute Gasteiger partial charge is 0.0404 e. The minimum absolute atomic E-state index is 0.128. The van der Waals surface area contributed by atoms with E-state index in [0.29, 0.717) is 0 Å². The van der Waals surface area contributed by atoms with Crippen LogP contribution >= 0.6 is 0 Å². The van der Waals surface area contributed by atoms with Crippen molar-refractivity contribution >= 4 is 5.69 Å². The van der Waals surface area contributed by atoms with Crippen LogP contribution in [0.3, 0.4) is 0 Å². The molecule has 2 N–H and O–H groups in total. The van der Waals surface area contributed by atoms with Gasteiger partial charge in [0.25, 0.3) is 0 Å². The first kappa shape index (κ1) is 13.4. The van der Waals surface area contributed by atoms with E-state index >= 15 is 0 Å². The average Bonchev–Trinajstić information content (AvgIpc) is 2.56. The SMILES string of the molecule is CC(C)(N)Cc1ccc2c(c1)CCN2C(C)(C)C. The van der Waals surface area contributed by atoms with Gasteiger partial charge in [0.15, 0.2) is 0 Å². The maximum Gasteiger partial charge on any atom is 0.0404 e. The van der Waals surface area contributed by atoms with E-state index in [1.807, 2.05) is 0 Å². The summed E-state index contributed by atoms with van der Waals surface area (Å²) in [6.45, 7) is 12.1. The van der Waals surface area contributed by atoms with Gasteiger partial charge in [-0.3, -0.25) is 0 Å². The van der Waals surface area contributed by atoms with Crippen molar-refractivity contribution in [3.8, 4) is 0 Å². The van der Waals surface area contributed by atoms with Crippen molar-refractivity contribution in [3.63, 3.8) is 0 Å². The molecule has 2 nitrogen and oxygen atoms in total. The topological polar surface area (TPSA) is 29.3 Å². The number of hydrogen-bond acceptors (Lipinski definition) is 2. The highest BCUT2D eigenvalue weighted by atomic mass is 15.2. The van der Waals surface area contributed by atoms with Gasteiger partial charge >= 0.3 is 0 Å². The fourth-order valence-electron chi connectivity index (χ4n) is 2.79. The molecule has 0 unspecified atom stereocenters. The lowest BCUT2D eigenvalue weighted by Gasteiger charge is -2.34. The second-order valence-electron chi connectivity index (χ2n) is 7.20. The second-order valence-corrected chi connectivity index (χ2v) is 7.20. The lowest BCUT2D eigenvalue weighted by atomic mass is 9.94. The Kier molecular flexibility index (Phi) is 3.18. The number of fused-ring (bicyclic) bond motifs is 1. The molecule has 0 bridgehead atoms. The van der Waals surface area contributed by atoms with Crippen LogP contribution in [0.1, 0.15) is 45.7 Å². The first-order valence-corrected chi connectivity index (χ1v) is 6.85. The molecule has 1 aliphatic heterocycles. The molecule has 18 heavy (non-hydrogen) atoms. The van der Waals surface area contributed by atoms with Crippen LogP contribution in [-0.2, 0) is 12.8 Å². The van der Waals surface area contributed by atoms with Crippen molar-refractivity contribution < 1.29 is 0 Å². The summed E-state index contributed by atoms with van der Waals surface area (Å²) < 4.78 is 0. The van der Waals surface area contributed by atoms with E-state index in [2.05, 4.69) is 57.7 Å². The zero-order chi connectivity index (χ0) is 13.6. The summed E-state index contributed by atoms with van der Waals surface area (Å²) >= 11 is 0. The second kappa shape index (κ2) is 4.27. The fraction of sp³-hybridized carbons (Fsp3) is 0.625. The van der Waals surface area contributed by atoms with E-state index in [9.17, 15) is 0 Å². The zero-order valence-corrected chi connectivity index (χ0v) is 12.4. The molecule has 100 valence electrons. The maximum absolute atomic E-state index is 6.10. The van der Waals surface area contributed by atoms with Crippen LogP contribution in [0.4, 0.5) is 5.69 Å². The summed E-state index contributed by atoms with van der Waals surface area (Å²) in [5.74, 6) is 0. The fourth-order valence-corrected chi connectivity index (χ4v) is 2.79. The van der Waals surface area contributed by atoms with Gasteiger partial charge in [0, 0.05) is 23.3 Å². The van der Waals surface area contributed by atoms with Crippen LogP contribution in [0.2, 0.25) is 0 Å². The summed E-state index contributed by atoms with van der Waals surface area (Å²) in [5.41, 5.74) is 10.4. The number of hydrogen-bond donors (Lipinski definition) is 1. The Morgan fingerprint density at radius 3 is 2.39 bits per heavy atom. The molecule has 0 aliphatic carbocycles. The quantitative estimate of drug-likeness (QED) is 0.868. The van der Waals surface area contributed by atoms with Crippen LogP contribution in [0.5, 0.6) is 0 Å². The Hall–Kier alpha value is -1.02. The van der Waals surface area contributed by atoms with Gasteiger partial charge in [-0.15, -0.1) is 0 Å². The first-order valence-electron chi connectivity index (χ1n) is 6.85. The van der Waals surface area contributed by atoms with Gasteiger partial charge in [-0.05, 0) is 64.7 Å². The molecule has 2 heteroatoms. The molecule has 0 saturated heterocycles. The maximum atomic E-state index is 6.10. The van der Waals surface area contributed by atoms with Crippen LogP contribution in [0, 0.1) is 0 Å². The molecule has 0 radical (unpaired) electrons. The third-order valence-corrected chi connectivity index (χ3v) is 3.51. The van der Waals surface area contributed by atoms with Crippen molar-refractivity contribution in [2.75, 3.05) is 11.4 Å². The number of rotatable bonds is 2. The van der Waals surface area contributed by atoms with Crippen molar-refractivity contribution in [1.29, 1.82) is 0 Å². The molecule has 0 spiro atoms. The van der Waals surface area contributed by atoms with Crippen molar-refractivity contribution in [3.05, 3.63) is 29.3 Å². The number of benzene rings is 1. The Morgan fingerprint density at radius 1 is 1.17 bits per heavy atom. The van der Waals surface area contributed by atoms with Gasteiger partial charge in [-0.25, -0.2) is 0 Å². The largest absolute Gasteiger partial charge is 0.366 e. The predicted molar refractivity (Wildman–Crippen MR) is 79.2 cm³/mol. The van der Waals surface area contributed by atoms with E-state index in [4.69, 9.17) is 5.73 Å². The van der Waals surface area contributed by atoms with Crippen LogP contribution < -0.4 is 10.6 Å². The van der Waals surface area contributed by atoms with Crippen LogP contribution in [0.25, 0.3) is 0 Å². The Bertz CT molecular complexity index is 435. The molecule has 1 aromatic carbocycles. The molecule has 0 aromatic heterocycles. The highest BCUT2D eigenvalue weighted by Crippen LogP contribution is 2.34. The number of nitrogens with zero attached hydrogens (tertiary/aromatic N) is 1. The van der Waals surface area contributed by atoms with Crippen molar-refractivity contribution in [1.82, 2.24) is 0 Å². The van der Waals surface area contributed by atoms with Crippen LogP contribution in [0.15, 0.2) is 18.2 Å². The van der Waals surface area contributed by atoms with Gasteiger partial charge in [0.1, 0.15) is 0 Å². The standard InChI is InChI=1S/C16H26N2/c1-15(2,3)18-9-8-13-10-12(6-7-14(13)18)11-16(4,5)17/h6-7,10H,8-9,11,17H2,1-5H3. The molecule has 0 atom stereocenters. The molecule has 0 amide bonds.